The topological polar surface area (TPSA) is 58.6 Å². The van der Waals surface area contributed by atoms with Gasteiger partial charge in [0.05, 0.1) is 12.7 Å². The van der Waals surface area contributed by atoms with E-state index in [4.69, 9.17) is 4.74 Å². The first-order valence-electron chi connectivity index (χ1n) is 9.70. The van der Waals surface area contributed by atoms with Gasteiger partial charge >= 0.3 is 0 Å². The maximum atomic E-state index is 12.7. The monoisotopic (exact) mass is 376 g/mol. The van der Waals surface area contributed by atoms with E-state index in [-0.39, 0.29) is 11.8 Å². The van der Waals surface area contributed by atoms with Gasteiger partial charge in [0.2, 0.25) is 5.91 Å². The van der Waals surface area contributed by atoms with Crippen molar-refractivity contribution in [1.29, 1.82) is 0 Å². The van der Waals surface area contributed by atoms with Crippen LogP contribution >= 0.6 is 0 Å². The normalized spacial score (nSPS) is 15.6. The van der Waals surface area contributed by atoms with Gasteiger partial charge in [0, 0.05) is 24.4 Å². The standard InChI is InChI=1S/C23H24N2O3/c1-28-21-9-5-4-8-20(21)22(26)24-19-11-10-16-12-13-25(15-18(16)14-19)23(27)17-6-2-3-7-17/h4-6,8-11,14H,2-3,7,12-13,15H2,1H3,(H,24,26). The molecule has 0 unspecified atom stereocenters. The third-order valence-corrected chi connectivity index (χ3v) is 5.43. The number of carbonyl (C=O) groups excluding carboxylic acids is 2. The molecule has 0 saturated heterocycles. The maximum absolute atomic E-state index is 12.7. The van der Waals surface area contributed by atoms with Crippen LogP contribution < -0.4 is 10.1 Å². The number of rotatable bonds is 4. The van der Waals surface area contributed by atoms with E-state index in [0.717, 1.165) is 49.1 Å². The lowest BCUT2D eigenvalue weighted by molar-refractivity contribution is -0.128. The summed E-state index contributed by atoms with van der Waals surface area (Å²) in [4.78, 5) is 27.3. The second-order valence-corrected chi connectivity index (χ2v) is 7.24. The molecule has 2 amide bonds. The Bertz CT molecular complexity index is 949. The predicted molar refractivity (Wildman–Crippen MR) is 108 cm³/mol. The summed E-state index contributed by atoms with van der Waals surface area (Å²) in [7, 11) is 1.55. The summed E-state index contributed by atoms with van der Waals surface area (Å²) < 4.78 is 5.27. The Labute approximate surface area is 165 Å². The number of nitrogens with one attached hydrogen (secondary N) is 1. The molecule has 0 radical (unpaired) electrons. The van der Waals surface area contributed by atoms with Gasteiger partial charge in [-0.05, 0) is 61.1 Å². The largest absolute Gasteiger partial charge is 0.496 e. The number of ether oxygens (including phenoxy) is 1. The SMILES string of the molecule is COc1ccccc1C(=O)Nc1ccc2c(c1)CN(C(=O)C1=CCCC1)CC2. The molecule has 2 aromatic rings. The smallest absolute Gasteiger partial charge is 0.259 e. The number of hydrogen-bond acceptors (Lipinski definition) is 3. The number of nitrogens with zero attached hydrogens (tertiary/aromatic N) is 1. The number of para-hydroxylation sites is 1. The minimum Gasteiger partial charge on any atom is -0.496 e. The molecule has 5 nitrogen and oxygen atoms in total. The van der Waals surface area contributed by atoms with Crippen LogP contribution in [0.2, 0.25) is 0 Å². The third-order valence-electron chi connectivity index (χ3n) is 5.43. The summed E-state index contributed by atoms with van der Waals surface area (Å²) in [6.07, 6.45) is 5.88. The minimum absolute atomic E-state index is 0.159. The molecule has 0 spiro atoms. The molecular weight excluding hydrogens is 352 g/mol. The van der Waals surface area contributed by atoms with Crippen LogP contribution in [-0.4, -0.2) is 30.4 Å². The van der Waals surface area contributed by atoms with Crippen molar-refractivity contribution in [3.63, 3.8) is 0 Å². The van der Waals surface area contributed by atoms with Crippen molar-refractivity contribution >= 4 is 17.5 Å². The molecule has 28 heavy (non-hydrogen) atoms. The molecule has 2 aliphatic rings. The number of benzene rings is 2. The third kappa shape index (κ3) is 3.65. The summed E-state index contributed by atoms with van der Waals surface area (Å²) >= 11 is 0. The van der Waals surface area contributed by atoms with E-state index < -0.39 is 0 Å². The lowest BCUT2D eigenvalue weighted by Gasteiger charge is -2.29. The van der Waals surface area contributed by atoms with Gasteiger partial charge in [0.1, 0.15) is 5.75 Å². The number of anilines is 1. The van der Waals surface area contributed by atoms with Crippen molar-refractivity contribution in [1.82, 2.24) is 4.90 Å². The summed E-state index contributed by atoms with van der Waals surface area (Å²) in [6.45, 7) is 1.33. The van der Waals surface area contributed by atoms with Gasteiger partial charge in [-0.3, -0.25) is 9.59 Å². The van der Waals surface area contributed by atoms with Crippen molar-refractivity contribution < 1.29 is 14.3 Å². The first kappa shape index (κ1) is 18.3. The average Bonchev–Trinajstić information content (AvgIpc) is 3.27. The highest BCUT2D eigenvalue weighted by Gasteiger charge is 2.24. The Morgan fingerprint density at radius 2 is 1.93 bits per heavy atom. The number of hydrogen-bond donors (Lipinski definition) is 1. The van der Waals surface area contributed by atoms with Crippen LogP contribution in [-0.2, 0) is 17.8 Å². The van der Waals surface area contributed by atoms with Crippen LogP contribution in [0.3, 0.4) is 0 Å². The summed E-state index contributed by atoms with van der Waals surface area (Å²) in [5.41, 5.74) is 4.50. The quantitative estimate of drug-likeness (QED) is 0.879. The fourth-order valence-corrected chi connectivity index (χ4v) is 3.91. The molecule has 144 valence electrons. The molecule has 0 atom stereocenters. The minimum atomic E-state index is -0.211. The average molecular weight is 376 g/mol. The van der Waals surface area contributed by atoms with Gasteiger partial charge in [-0.15, -0.1) is 0 Å². The fraction of sp³-hybridized carbons (Fsp3) is 0.304. The molecule has 0 saturated carbocycles. The highest BCUT2D eigenvalue weighted by molar-refractivity contribution is 6.06. The Hall–Kier alpha value is -3.08. The van der Waals surface area contributed by atoms with Gasteiger partial charge < -0.3 is 15.0 Å². The maximum Gasteiger partial charge on any atom is 0.259 e. The molecule has 4 rings (SSSR count). The summed E-state index contributed by atoms with van der Waals surface area (Å²) in [6, 6.07) is 13.1. The lowest BCUT2D eigenvalue weighted by atomic mass is 9.98. The number of carbonyl (C=O) groups is 2. The van der Waals surface area contributed by atoms with Gasteiger partial charge in [0.15, 0.2) is 0 Å². The molecular formula is C23H24N2O3. The summed E-state index contributed by atoms with van der Waals surface area (Å²) in [5.74, 6) is 0.489. The van der Waals surface area contributed by atoms with Crippen LogP contribution in [0.5, 0.6) is 5.75 Å². The highest BCUT2D eigenvalue weighted by atomic mass is 16.5. The Kier molecular flexibility index (Phi) is 5.15. The molecule has 1 N–H and O–H groups in total. The zero-order valence-electron chi connectivity index (χ0n) is 16.0. The predicted octanol–water partition coefficient (Wildman–Crippen LogP) is 3.94. The first-order valence-corrected chi connectivity index (χ1v) is 9.70. The van der Waals surface area contributed by atoms with Crippen molar-refractivity contribution in [2.75, 3.05) is 19.0 Å². The van der Waals surface area contributed by atoms with Gasteiger partial charge in [-0.1, -0.05) is 24.3 Å². The number of amides is 2. The second-order valence-electron chi connectivity index (χ2n) is 7.24. The van der Waals surface area contributed by atoms with E-state index in [0.29, 0.717) is 17.9 Å². The van der Waals surface area contributed by atoms with Crippen LogP contribution in [0.4, 0.5) is 5.69 Å². The molecule has 0 aromatic heterocycles. The molecule has 1 heterocycles. The second kappa shape index (κ2) is 7.89. The number of methoxy groups -OCH3 is 1. The van der Waals surface area contributed by atoms with Crippen molar-refractivity contribution in [2.45, 2.75) is 32.2 Å². The van der Waals surface area contributed by atoms with Crippen LogP contribution in [0.1, 0.15) is 40.7 Å². The van der Waals surface area contributed by atoms with Crippen LogP contribution in [0, 0.1) is 0 Å². The van der Waals surface area contributed by atoms with Gasteiger partial charge in [-0.25, -0.2) is 0 Å². The van der Waals surface area contributed by atoms with E-state index in [1.165, 1.54) is 5.56 Å². The van der Waals surface area contributed by atoms with Gasteiger partial charge in [-0.2, -0.15) is 0 Å². The van der Waals surface area contributed by atoms with Crippen molar-refractivity contribution in [3.05, 3.63) is 70.8 Å². The van der Waals surface area contributed by atoms with Crippen LogP contribution in [0.15, 0.2) is 54.1 Å². The molecule has 2 aromatic carbocycles. The molecule has 5 heteroatoms. The fourth-order valence-electron chi connectivity index (χ4n) is 3.91. The number of allylic oxidation sites excluding steroid dienone is 1. The summed E-state index contributed by atoms with van der Waals surface area (Å²) in [5, 5.41) is 2.95. The molecule has 1 aliphatic heterocycles. The van der Waals surface area contributed by atoms with E-state index in [1.807, 2.05) is 35.2 Å². The Morgan fingerprint density at radius 1 is 1.07 bits per heavy atom. The zero-order chi connectivity index (χ0) is 19.5. The van der Waals surface area contributed by atoms with E-state index in [2.05, 4.69) is 11.4 Å². The van der Waals surface area contributed by atoms with Crippen molar-refractivity contribution in [2.24, 2.45) is 0 Å². The highest BCUT2D eigenvalue weighted by Crippen LogP contribution is 2.27. The lowest BCUT2D eigenvalue weighted by Crippen LogP contribution is -2.36. The zero-order valence-corrected chi connectivity index (χ0v) is 16.0. The number of fused-ring (bicyclic) bond motifs is 1. The van der Waals surface area contributed by atoms with Crippen LogP contribution in [0.25, 0.3) is 0 Å². The first-order chi connectivity index (χ1) is 13.7. The van der Waals surface area contributed by atoms with E-state index in [1.54, 1.807) is 19.2 Å². The van der Waals surface area contributed by atoms with E-state index >= 15 is 0 Å². The van der Waals surface area contributed by atoms with E-state index in [9.17, 15) is 9.59 Å². The molecule has 0 fully saturated rings. The molecule has 0 bridgehead atoms. The van der Waals surface area contributed by atoms with Gasteiger partial charge in [0.25, 0.3) is 5.91 Å². The van der Waals surface area contributed by atoms with Crippen molar-refractivity contribution in [3.8, 4) is 5.75 Å². The molecule has 1 aliphatic carbocycles. The Morgan fingerprint density at radius 3 is 2.71 bits per heavy atom. The Balaban J connectivity index is 1.50.